The number of hydrogen-bond acceptors (Lipinski definition) is 2. The number of rotatable bonds is 1. The van der Waals surface area contributed by atoms with Gasteiger partial charge in [-0.15, -0.1) is 0 Å². The van der Waals surface area contributed by atoms with Crippen LogP contribution in [0, 0.1) is 11.8 Å². The van der Waals surface area contributed by atoms with Crippen LogP contribution in [0.5, 0.6) is 0 Å². The molecule has 1 heterocycles. The van der Waals surface area contributed by atoms with E-state index in [-0.39, 0.29) is 0 Å². The highest BCUT2D eigenvalue weighted by Gasteiger charge is 2.39. The number of hydrogen-bond donors (Lipinski definition) is 1. The molecule has 0 radical (unpaired) electrons. The number of morpholine rings is 1. The molecule has 0 aromatic carbocycles. The van der Waals surface area contributed by atoms with Gasteiger partial charge in [0.05, 0.1) is 13.2 Å². The van der Waals surface area contributed by atoms with Gasteiger partial charge in [0, 0.05) is 12.6 Å². The third-order valence-corrected chi connectivity index (χ3v) is 2.64. The first-order valence-corrected chi connectivity index (χ1v) is 4.19. The van der Waals surface area contributed by atoms with Crippen LogP contribution in [0.2, 0.25) is 0 Å². The van der Waals surface area contributed by atoms with Gasteiger partial charge < -0.3 is 10.1 Å². The lowest BCUT2D eigenvalue weighted by molar-refractivity contribution is 0.0686. The van der Waals surface area contributed by atoms with Crippen molar-refractivity contribution in [2.75, 3.05) is 19.8 Å². The molecule has 1 aliphatic heterocycles. The molecule has 1 saturated heterocycles. The summed E-state index contributed by atoms with van der Waals surface area (Å²) in [5.74, 6) is 1.86. The lowest BCUT2D eigenvalue weighted by Crippen LogP contribution is -2.42. The third kappa shape index (κ3) is 1.18. The van der Waals surface area contributed by atoms with Crippen molar-refractivity contribution in [3.05, 3.63) is 0 Å². The zero-order valence-corrected chi connectivity index (χ0v) is 6.47. The Kier molecular flexibility index (Phi) is 1.66. The molecule has 2 aliphatic rings. The van der Waals surface area contributed by atoms with E-state index in [1.807, 2.05) is 0 Å². The summed E-state index contributed by atoms with van der Waals surface area (Å²) >= 11 is 0. The molecule has 1 saturated carbocycles. The summed E-state index contributed by atoms with van der Waals surface area (Å²) in [5.41, 5.74) is 0. The van der Waals surface area contributed by atoms with Gasteiger partial charge in [0.15, 0.2) is 0 Å². The quantitative estimate of drug-likeness (QED) is 0.578. The van der Waals surface area contributed by atoms with Gasteiger partial charge >= 0.3 is 0 Å². The Morgan fingerprint density at radius 3 is 2.80 bits per heavy atom. The molecule has 1 N–H and O–H groups in total. The summed E-state index contributed by atoms with van der Waals surface area (Å²) in [6.45, 7) is 5.21. The Morgan fingerprint density at radius 1 is 1.50 bits per heavy atom. The van der Waals surface area contributed by atoms with E-state index in [0.29, 0.717) is 6.04 Å². The second kappa shape index (κ2) is 2.51. The van der Waals surface area contributed by atoms with E-state index in [0.717, 1.165) is 31.6 Å². The van der Waals surface area contributed by atoms with E-state index in [1.165, 1.54) is 6.42 Å². The molecule has 0 aromatic rings. The van der Waals surface area contributed by atoms with Crippen molar-refractivity contribution in [1.29, 1.82) is 0 Å². The fourth-order valence-electron chi connectivity index (χ4n) is 1.77. The molecule has 2 nitrogen and oxygen atoms in total. The van der Waals surface area contributed by atoms with Crippen molar-refractivity contribution in [3.8, 4) is 0 Å². The number of nitrogens with one attached hydrogen (secondary N) is 1. The molecule has 58 valence electrons. The van der Waals surface area contributed by atoms with Gasteiger partial charge in [0.1, 0.15) is 0 Å². The zero-order chi connectivity index (χ0) is 6.97. The van der Waals surface area contributed by atoms with E-state index in [2.05, 4.69) is 12.2 Å². The minimum atomic E-state index is 0.670. The fourth-order valence-corrected chi connectivity index (χ4v) is 1.77. The predicted octanol–water partition coefficient (Wildman–Crippen LogP) is 0.631. The smallest absolute Gasteiger partial charge is 0.0623 e. The van der Waals surface area contributed by atoms with Gasteiger partial charge in [-0.3, -0.25) is 0 Å². The average molecular weight is 141 g/mol. The summed E-state index contributed by atoms with van der Waals surface area (Å²) in [6.07, 6.45) is 1.40. The summed E-state index contributed by atoms with van der Waals surface area (Å²) in [6, 6.07) is 0.670. The monoisotopic (exact) mass is 141 g/mol. The fraction of sp³-hybridized carbons (Fsp3) is 1.00. The molecule has 2 heteroatoms. The third-order valence-electron chi connectivity index (χ3n) is 2.64. The Hall–Kier alpha value is -0.0800. The van der Waals surface area contributed by atoms with Gasteiger partial charge in [-0.2, -0.15) is 0 Å². The molecule has 0 spiro atoms. The maximum Gasteiger partial charge on any atom is 0.0623 e. The topological polar surface area (TPSA) is 21.3 Å². The maximum absolute atomic E-state index is 5.37. The highest BCUT2D eigenvalue weighted by atomic mass is 16.5. The largest absolute Gasteiger partial charge is 0.379 e. The molecular formula is C8H15NO. The first kappa shape index (κ1) is 6.62. The molecule has 0 aromatic heterocycles. The lowest BCUT2D eigenvalue weighted by Gasteiger charge is -2.23. The number of ether oxygens (including phenoxy) is 1. The van der Waals surface area contributed by atoms with Crippen molar-refractivity contribution in [3.63, 3.8) is 0 Å². The van der Waals surface area contributed by atoms with Gasteiger partial charge in [-0.25, -0.2) is 0 Å². The van der Waals surface area contributed by atoms with Gasteiger partial charge in [0.2, 0.25) is 0 Å². The first-order valence-electron chi connectivity index (χ1n) is 4.19. The van der Waals surface area contributed by atoms with Crippen LogP contribution in [0.4, 0.5) is 0 Å². The second-order valence-electron chi connectivity index (χ2n) is 3.51. The van der Waals surface area contributed by atoms with Crippen LogP contribution in [0.1, 0.15) is 13.3 Å². The first-order chi connectivity index (χ1) is 4.88. The van der Waals surface area contributed by atoms with Crippen LogP contribution in [0.15, 0.2) is 0 Å². The maximum atomic E-state index is 5.37. The Labute approximate surface area is 61.9 Å². The molecule has 0 amide bonds. The van der Waals surface area contributed by atoms with Crippen molar-refractivity contribution in [1.82, 2.24) is 5.32 Å². The van der Waals surface area contributed by atoms with Crippen molar-refractivity contribution >= 4 is 0 Å². The Morgan fingerprint density at radius 2 is 2.30 bits per heavy atom. The van der Waals surface area contributed by atoms with Crippen LogP contribution in [-0.2, 0) is 4.74 Å². The molecule has 3 unspecified atom stereocenters. The molecular weight excluding hydrogens is 126 g/mol. The minimum Gasteiger partial charge on any atom is -0.379 e. The second-order valence-corrected chi connectivity index (χ2v) is 3.51. The van der Waals surface area contributed by atoms with Crippen LogP contribution < -0.4 is 5.32 Å². The van der Waals surface area contributed by atoms with E-state index in [4.69, 9.17) is 4.74 Å². The summed E-state index contributed by atoms with van der Waals surface area (Å²) < 4.78 is 5.37. The lowest BCUT2D eigenvalue weighted by atomic mass is 10.1. The summed E-state index contributed by atoms with van der Waals surface area (Å²) in [5, 5.41) is 3.49. The van der Waals surface area contributed by atoms with Crippen LogP contribution in [-0.4, -0.2) is 25.8 Å². The van der Waals surface area contributed by atoms with Crippen molar-refractivity contribution < 1.29 is 4.74 Å². The van der Waals surface area contributed by atoms with Gasteiger partial charge in [0.25, 0.3) is 0 Å². The van der Waals surface area contributed by atoms with Crippen LogP contribution in [0.25, 0.3) is 0 Å². The van der Waals surface area contributed by atoms with Gasteiger partial charge in [-0.1, -0.05) is 6.92 Å². The van der Waals surface area contributed by atoms with E-state index in [9.17, 15) is 0 Å². The van der Waals surface area contributed by atoms with E-state index >= 15 is 0 Å². The summed E-state index contributed by atoms with van der Waals surface area (Å²) in [4.78, 5) is 0. The molecule has 2 rings (SSSR count). The molecule has 3 atom stereocenters. The van der Waals surface area contributed by atoms with Gasteiger partial charge in [-0.05, 0) is 18.3 Å². The average Bonchev–Trinajstić information content (AvgIpc) is 2.69. The van der Waals surface area contributed by atoms with Crippen molar-refractivity contribution in [2.24, 2.45) is 11.8 Å². The Bertz CT molecular complexity index is 120. The van der Waals surface area contributed by atoms with Crippen molar-refractivity contribution in [2.45, 2.75) is 19.4 Å². The summed E-state index contributed by atoms with van der Waals surface area (Å²) in [7, 11) is 0. The molecule has 0 bridgehead atoms. The van der Waals surface area contributed by atoms with E-state index in [1.54, 1.807) is 0 Å². The van der Waals surface area contributed by atoms with E-state index < -0.39 is 0 Å². The molecule has 10 heavy (non-hydrogen) atoms. The van der Waals surface area contributed by atoms with Crippen LogP contribution >= 0.6 is 0 Å². The standard InChI is InChI=1S/C8H15NO/c1-6-4-7(6)8-5-10-3-2-9-8/h6-9H,2-5H2,1H3. The minimum absolute atomic E-state index is 0.670. The SMILES string of the molecule is CC1CC1C1COCCN1. The molecule has 1 aliphatic carbocycles. The molecule has 2 fully saturated rings. The Balaban J connectivity index is 1.81. The zero-order valence-electron chi connectivity index (χ0n) is 6.47. The predicted molar refractivity (Wildman–Crippen MR) is 39.9 cm³/mol. The van der Waals surface area contributed by atoms with Crippen LogP contribution in [0.3, 0.4) is 0 Å². The normalized spacial score (nSPS) is 47.1. The highest BCUT2D eigenvalue weighted by molar-refractivity contribution is 4.93. The highest BCUT2D eigenvalue weighted by Crippen LogP contribution is 2.40.